The molecule has 126 valence electrons. The molecular weight excluding hydrogens is 335 g/mol. The van der Waals surface area contributed by atoms with Gasteiger partial charge in [-0.25, -0.2) is 0 Å². The predicted molar refractivity (Wildman–Crippen MR) is 93.0 cm³/mol. The number of carbonyl (C=O) groups excluding carboxylic acids is 2. The molecule has 0 bridgehead atoms. The highest BCUT2D eigenvalue weighted by Gasteiger charge is 2.34. The number of carbonyl (C=O) groups is 2. The van der Waals surface area contributed by atoms with Gasteiger partial charge in [-0.2, -0.15) is 0 Å². The van der Waals surface area contributed by atoms with Crippen LogP contribution in [0.5, 0.6) is 0 Å². The fourth-order valence-electron chi connectivity index (χ4n) is 2.70. The second-order valence-electron chi connectivity index (χ2n) is 6.88. The SMILES string of the molecule is CC(C)(C)NC(=O)C1CCCCN1C(=O)c1ccc(Cl)c(Cl)c1. The second-order valence-corrected chi connectivity index (χ2v) is 7.69. The molecule has 1 aromatic carbocycles. The summed E-state index contributed by atoms with van der Waals surface area (Å²) in [6.07, 6.45) is 2.51. The molecule has 1 unspecified atom stereocenters. The molecule has 1 heterocycles. The molecule has 1 aromatic rings. The molecule has 6 heteroatoms. The summed E-state index contributed by atoms with van der Waals surface area (Å²) >= 11 is 11.9. The number of hydrogen-bond acceptors (Lipinski definition) is 2. The minimum atomic E-state index is -0.440. The number of amides is 2. The molecule has 0 aliphatic carbocycles. The van der Waals surface area contributed by atoms with E-state index in [1.165, 1.54) is 0 Å². The minimum Gasteiger partial charge on any atom is -0.350 e. The maximum atomic E-state index is 12.8. The largest absolute Gasteiger partial charge is 0.350 e. The Hall–Kier alpha value is -1.26. The minimum absolute atomic E-state index is 0.106. The highest BCUT2D eigenvalue weighted by molar-refractivity contribution is 6.42. The lowest BCUT2D eigenvalue weighted by Gasteiger charge is -2.36. The molecule has 1 atom stereocenters. The highest BCUT2D eigenvalue weighted by Crippen LogP contribution is 2.25. The van der Waals surface area contributed by atoms with Crippen molar-refractivity contribution >= 4 is 35.0 Å². The van der Waals surface area contributed by atoms with Gasteiger partial charge in [-0.1, -0.05) is 23.2 Å². The van der Waals surface area contributed by atoms with Gasteiger partial charge in [-0.05, 0) is 58.2 Å². The van der Waals surface area contributed by atoms with E-state index >= 15 is 0 Å². The van der Waals surface area contributed by atoms with Crippen molar-refractivity contribution in [2.75, 3.05) is 6.54 Å². The number of nitrogens with one attached hydrogen (secondary N) is 1. The first-order valence-electron chi connectivity index (χ1n) is 7.77. The molecule has 2 amide bonds. The molecule has 1 aliphatic rings. The van der Waals surface area contributed by atoms with Crippen LogP contribution in [0.15, 0.2) is 18.2 Å². The Morgan fingerprint density at radius 2 is 1.87 bits per heavy atom. The van der Waals surface area contributed by atoms with Crippen LogP contribution in [0.2, 0.25) is 10.0 Å². The second kappa shape index (κ2) is 7.10. The molecule has 0 saturated carbocycles. The Bertz CT molecular complexity index is 611. The van der Waals surface area contributed by atoms with Crippen LogP contribution in [-0.2, 0) is 4.79 Å². The molecule has 0 aromatic heterocycles. The van der Waals surface area contributed by atoms with E-state index in [0.717, 1.165) is 12.8 Å². The van der Waals surface area contributed by atoms with Gasteiger partial charge in [0, 0.05) is 17.6 Å². The number of halogens is 2. The van der Waals surface area contributed by atoms with Crippen LogP contribution in [0.1, 0.15) is 50.4 Å². The summed E-state index contributed by atoms with van der Waals surface area (Å²) < 4.78 is 0. The Labute approximate surface area is 147 Å². The molecule has 1 saturated heterocycles. The molecule has 23 heavy (non-hydrogen) atoms. The normalized spacial score (nSPS) is 18.7. The first-order valence-corrected chi connectivity index (χ1v) is 8.53. The zero-order chi connectivity index (χ0) is 17.2. The molecular formula is C17H22Cl2N2O2. The average molecular weight is 357 g/mol. The summed E-state index contributed by atoms with van der Waals surface area (Å²) in [4.78, 5) is 27.0. The third-order valence-electron chi connectivity index (χ3n) is 3.73. The van der Waals surface area contributed by atoms with Gasteiger partial charge >= 0.3 is 0 Å². The van der Waals surface area contributed by atoms with Crippen molar-refractivity contribution in [1.29, 1.82) is 0 Å². The van der Waals surface area contributed by atoms with E-state index in [4.69, 9.17) is 23.2 Å². The molecule has 0 radical (unpaired) electrons. The molecule has 1 fully saturated rings. The van der Waals surface area contributed by atoms with Crippen LogP contribution in [0.25, 0.3) is 0 Å². The molecule has 4 nitrogen and oxygen atoms in total. The Morgan fingerprint density at radius 1 is 1.17 bits per heavy atom. The lowest BCUT2D eigenvalue weighted by molar-refractivity contribution is -0.128. The van der Waals surface area contributed by atoms with E-state index in [0.29, 0.717) is 28.6 Å². The third-order valence-corrected chi connectivity index (χ3v) is 4.47. The zero-order valence-electron chi connectivity index (χ0n) is 13.7. The summed E-state index contributed by atoms with van der Waals surface area (Å²) in [6, 6.07) is 4.36. The maximum Gasteiger partial charge on any atom is 0.254 e. The maximum absolute atomic E-state index is 12.8. The van der Waals surface area contributed by atoms with Gasteiger partial charge in [0.25, 0.3) is 5.91 Å². The van der Waals surface area contributed by atoms with Crippen molar-refractivity contribution in [3.05, 3.63) is 33.8 Å². The van der Waals surface area contributed by atoms with Gasteiger partial charge in [0.2, 0.25) is 5.91 Å². The van der Waals surface area contributed by atoms with E-state index < -0.39 is 6.04 Å². The van der Waals surface area contributed by atoms with Gasteiger partial charge in [-0.3, -0.25) is 9.59 Å². The molecule has 0 spiro atoms. The Morgan fingerprint density at radius 3 is 2.48 bits per heavy atom. The zero-order valence-corrected chi connectivity index (χ0v) is 15.2. The summed E-state index contributed by atoms with van der Waals surface area (Å²) in [5.74, 6) is -0.289. The summed E-state index contributed by atoms with van der Waals surface area (Å²) in [7, 11) is 0. The molecule has 1 N–H and O–H groups in total. The number of benzene rings is 1. The van der Waals surface area contributed by atoms with E-state index in [9.17, 15) is 9.59 Å². The van der Waals surface area contributed by atoms with Crippen LogP contribution in [0.3, 0.4) is 0 Å². The van der Waals surface area contributed by atoms with Crippen molar-refractivity contribution in [3.8, 4) is 0 Å². The average Bonchev–Trinajstić information content (AvgIpc) is 2.47. The number of piperidine rings is 1. The molecule has 1 aliphatic heterocycles. The smallest absolute Gasteiger partial charge is 0.254 e. The summed E-state index contributed by atoms with van der Waals surface area (Å²) in [6.45, 7) is 6.36. The van der Waals surface area contributed by atoms with Crippen molar-refractivity contribution < 1.29 is 9.59 Å². The van der Waals surface area contributed by atoms with E-state index in [-0.39, 0.29) is 17.4 Å². The number of nitrogens with zero attached hydrogens (tertiary/aromatic N) is 1. The van der Waals surface area contributed by atoms with Crippen molar-refractivity contribution in [2.24, 2.45) is 0 Å². The number of hydrogen-bond donors (Lipinski definition) is 1. The van der Waals surface area contributed by atoms with Gasteiger partial charge < -0.3 is 10.2 Å². The first kappa shape index (κ1) is 18.1. The number of likely N-dealkylation sites (tertiary alicyclic amines) is 1. The quantitative estimate of drug-likeness (QED) is 0.873. The van der Waals surface area contributed by atoms with E-state index in [2.05, 4.69) is 5.32 Å². The Balaban J connectivity index is 2.21. The van der Waals surface area contributed by atoms with Crippen LogP contribution in [0.4, 0.5) is 0 Å². The van der Waals surface area contributed by atoms with Gasteiger partial charge in [0.15, 0.2) is 0 Å². The lowest BCUT2D eigenvalue weighted by Crippen LogP contribution is -2.55. The Kier molecular flexibility index (Phi) is 5.58. The summed E-state index contributed by atoms with van der Waals surface area (Å²) in [5, 5.41) is 3.71. The standard InChI is InChI=1S/C17H22Cl2N2O2/c1-17(2,3)20-15(22)14-6-4-5-9-21(14)16(23)11-7-8-12(18)13(19)10-11/h7-8,10,14H,4-6,9H2,1-3H3,(H,20,22). The third kappa shape index (κ3) is 4.61. The summed E-state index contributed by atoms with van der Waals surface area (Å²) in [5.41, 5.74) is 0.127. The predicted octanol–water partition coefficient (Wildman–Crippen LogP) is 3.90. The van der Waals surface area contributed by atoms with Crippen molar-refractivity contribution in [2.45, 2.75) is 51.6 Å². The number of rotatable bonds is 2. The van der Waals surface area contributed by atoms with E-state index in [1.807, 2.05) is 20.8 Å². The fraction of sp³-hybridized carbons (Fsp3) is 0.529. The van der Waals surface area contributed by atoms with Crippen LogP contribution in [0, 0.1) is 0 Å². The monoisotopic (exact) mass is 356 g/mol. The van der Waals surface area contributed by atoms with Gasteiger partial charge in [0.1, 0.15) is 6.04 Å². The van der Waals surface area contributed by atoms with Crippen LogP contribution in [-0.4, -0.2) is 34.8 Å². The molecule has 2 rings (SSSR count). The van der Waals surface area contributed by atoms with Crippen molar-refractivity contribution in [3.63, 3.8) is 0 Å². The van der Waals surface area contributed by atoms with Gasteiger partial charge in [-0.15, -0.1) is 0 Å². The lowest BCUT2D eigenvalue weighted by atomic mass is 9.98. The van der Waals surface area contributed by atoms with Crippen molar-refractivity contribution in [1.82, 2.24) is 10.2 Å². The first-order chi connectivity index (χ1) is 10.7. The van der Waals surface area contributed by atoms with Crippen LogP contribution >= 0.6 is 23.2 Å². The topological polar surface area (TPSA) is 49.4 Å². The van der Waals surface area contributed by atoms with E-state index in [1.54, 1.807) is 23.1 Å². The van der Waals surface area contributed by atoms with Gasteiger partial charge in [0.05, 0.1) is 10.0 Å². The highest BCUT2D eigenvalue weighted by atomic mass is 35.5. The van der Waals surface area contributed by atoms with Crippen LogP contribution < -0.4 is 5.32 Å². The fourth-order valence-corrected chi connectivity index (χ4v) is 2.99.